The summed E-state index contributed by atoms with van der Waals surface area (Å²) in [6, 6.07) is 8.87. The second-order valence-corrected chi connectivity index (χ2v) is 4.31. The maximum atomic E-state index is 12.4. The van der Waals surface area contributed by atoms with Gasteiger partial charge in [-0.2, -0.15) is 9.61 Å². The smallest absolute Gasteiger partial charge is 0.282 e. The van der Waals surface area contributed by atoms with Crippen LogP contribution in [0.15, 0.2) is 58.3 Å². The molecule has 4 rings (SSSR count). The van der Waals surface area contributed by atoms with Gasteiger partial charge in [-0.1, -0.05) is 6.07 Å². The van der Waals surface area contributed by atoms with E-state index in [-0.39, 0.29) is 5.56 Å². The van der Waals surface area contributed by atoms with Crippen molar-refractivity contribution < 1.29 is 4.42 Å². The van der Waals surface area contributed by atoms with E-state index < -0.39 is 0 Å². The molecule has 0 amide bonds. The van der Waals surface area contributed by atoms with Crippen molar-refractivity contribution in [1.29, 1.82) is 0 Å². The minimum atomic E-state index is -0.213. The lowest BCUT2D eigenvalue weighted by Gasteiger charge is -2.02. The molecule has 0 saturated carbocycles. The normalized spacial score (nSPS) is 11.2. The Morgan fingerprint density at radius 1 is 1.15 bits per heavy atom. The van der Waals surface area contributed by atoms with Gasteiger partial charge in [-0.05, 0) is 29.8 Å². The Morgan fingerprint density at radius 3 is 3.05 bits per heavy atom. The van der Waals surface area contributed by atoms with Crippen LogP contribution in [0.1, 0.15) is 0 Å². The van der Waals surface area contributed by atoms with Gasteiger partial charge in [0.2, 0.25) is 0 Å². The molecule has 0 spiro atoms. The molecule has 0 N–H and O–H groups in total. The van der Waals surface area contributed by atoms with Crippen LogP contribution in [0.5, 0.6) is 0 Å². The van der Waals surface area contributed by atoms with E-state index in [1.807, 2.05) is 6.07 Å². The van der Waals surface area contributed by atoms with E-state index >= 15 is 0 Å². The zero-order valence-corrected chi connectivity index (χ0v) is 10.2. The second-order valence-electron chi connectivity index (χ2n) is 4.31. The highest BCUT2D eigenvalue weighted by molar-refractivity contribution is 5.79. The summed E-state index contributed by atoms with van der Waals surface area (Å²) in [5.74, 6) is 0. The first-order valence-electron chi connectivity index (χ1n) is 6.00. The largest absolute Gasteiger partial charge is 0.443 e. The van der Waals surface area contributed by atoms with Crippen LogP contribution in [0, 0.1) is 0 Å². The van der Waals surface area contributed by atoms with Crippen LogP contribution in [0.3, 0.4) is 0 Å². The number of aromatic nitrogens is 4. The molecule has 0 aliphatic rings. The van der Waals surface area contributed by atoms with Crippen LogP contribution in [-0.2, 0) is 0 Å². The lowest BCUT2D eigenvalue weighted by atomic mass is 10.1. The van der Waals surface area contributed by atoms with Gasteiger partial charge in [0.1, 0.15) is 5.52 Å². The minimum absolute atomic E-state index is 0.213. The summed E-state index contributed by atoms with van der Waals surface area (Å²) in [4.78, 5) is 20.7. The first-order valence-corrected chi connectivity index (χ1v) is 6.00. The van der Waals surface area contributed by atoms with Gasteiger partial charge in [-0.25, -0.2) is 9.97 Å². The number of oxazole rings is 1. The molecular formula is C14H8N4O2. The average Bonchev–Trinajstić information content (AvgIpc) is 2.95. The summed E-state index contributed by atoms with van der Waals surface area (Å²) >= 11 is 0. The summed E-state index contributed by atoms with van der Waals surface area (Å²) in [7, 11) is 0. The molecule has 4 aromatic rings. The van der Waals surface area contributed by atoms with E-state index in [1.165, 1.54) is 10.9 Å². The Balaban J connectivity index is 2.01. The molecule has 0 unspecified atom stereocenters. The first kappa shape index (κ1) is 10.9. The third kappa shape index (κ3) is 1.51. The lowest BCUT2D eigenvalue weighted by molar-refractivity contribution is 0.602. The number of hydrogen-bond donors (Lipinski definition) is 0. The molecule has 0 fully saturated rings. The van der Waals surface area contributed by atoms with Gasteiger partial charge in [0.25, 0.3) is 5.56 Å². The van der Waals surface area contributed by atoms with E-state index in [4.69, 9.17) is 4.42 Å². The van der Waals surface area contributed by atoms with Crippen LogP contribution in [0.4, 0.5) is 0 Å². The zero-order chi connectivity index (χ0) is 13.5. The third-order valence-corrected chi connectivity index (χ3v) is 3.12. The number of fused-ring (bicyclic) bond motifs is 2. The van der Waals surface area contributed by atoms with Gasteiger partial charge in [0.15, 0.2) is 17.6 Å². The van der Waals surface area contributed by atoms with Crippen molar-refractivity contribution in [3.63, 3.8) is 0 Å². The molecule has 6 nitrogen and oxygen atoms in total. The van der Waals surface area contributed by atoms with Gasteiger partial charge in [-0.3, -0.25) is 4.79 Å². The molecule has 3 aromatic heterocycles. The van der Waals surface area contributed by atoms with Crippen LogP contribution < -0.4 is 5.56 Å². The Bertz CT molecular complexity index is 987. The van der Waals surface area contributed by atoms with Gasteiger partial charge in [0.05, 0.1) is 5.56 Å². The molecule has 0 aliphatic carbocycles. The Morgan fingerprint density at radius 2 is 2.10 bits per heavy atom. The molecule has 0 atom stereocenters. The van der Waals surface area contributed by atoms with Crippen molar-refractivity contribution in [3.8, 4) is 11.1 Å². The van der Waals surface area contributed by atoms with Crippen LogP contribution in [0.25, 0.3) is 27.9 Å². The average molecular weight is 264 g/mol. The van der Waals surface area contributed by atoms with E-state index in [1.54, 1.807) is 36.7 Å². The number of nitrogens with zero attached hydrogens (tertiary/aromatic N) is 4. The van der Waals surface area contributed by atoms with Crippen molar-refractivity contribution in [3.05, 3.63) is 59.5 Å². The first-order chi connectivity index (χ1) is 9.83. The molecule has 0 bridgehead atoms. The standard InChI is InChI=1S/C14H8N4O2/c19-14-10(7-15-13-2-1-5-17-18(13)14)9-3-4-11-12(6-9)20-8-16-11/h1-8H. The van der Waals surface area contributed by atoms with Gasteiger partial charge in [-0.15, -0.1) is 0 Å². The summed E-state index contributed by atoms with van der Waals surface area (Å²) in [6.07, 6.45) is 4.48. The summed E-state index contributed by atoms with van der Waals surface area (Å²) in [5.41, 5.74) is 2.89. The molecule has 3 heterocycles. The molecule has 20 heavy (non-hydrogen) atoms. The fourth-order valence-corrected chi connectivity index (χ4v) is 2.14. The summed E-state index contributed by atoms with van der Waals surface area (Å²) < 4.78 is 6.53. The monoisotopic (exact) mass is 264 g/mol. The molecule has 1 aromatic carbocycles. The number of benzene rings is 1. The highest BCUT2D eigenvalue weighted by Gasteiger charge is 2.09. The van der Waals surface area contributed by atoms with Crippen LogP contribution >= 0.6 is 0 Å². The maximum Gasteiger partial charge on any atom is 0.282 e. The fourth-order valence-electron chi connectivity index (χ4n) is 2.14. The van der Waals surface area contributed by atoms with Crippen LogP contribution in [-0.4, -0.2) is 19.6 Å². The molecule has 6 heteroatoms. The highest BCUT2D eigenvalue weighted by Crippen LogP contribution is 2.21. The lowest BCUT2D eigenvalue weighted by Crippen LogP contribution is -2.18. The van der Waals surface area contributed by atoms with Crippen molar-refractivity contribution in [1.82, 2.24) is 19.6 Å². The maximum absolute atomic E-state index is 12.4. The number of rotatable bonds is 1. The highest BCUT2D eigenvalue weighted by atomic mass is 16.3. The van der Waals surface area contributed by atoms with Crippen molar-refractivity contribution >= 4 is 16.7 Å². The SMILES string of the molecule is O=c1c(-c2ccc3ncoc3c2)cnc2cccnn12. The molecule has 96 valence electrons. The Kier molecular flexibility index (Phi) is 2.17. The van der Waals surface area contributed by atoms with E-state index in [9.17, 15) is 4.79 Å². The fraction of sp³-hybridized carbons (Fsp3) is 0. The van der Waals surface area contributed by atoms with Crippen molar-refractivity contribution in [2.75, 3.05) is 0 Å². The van der Waals surface area contributed by atoms with Crippen molar-refractivity contribution in [2.24, 2.45) is 0 Å². The summed E-state index contributed by atoms with van der Waals surface area (Å²) in [5, 5.41) is 4.03. The van der Waals surface area contributed by atoms with E-state index in [0.717, 1.165) is 11.1 Å². The topological polar surface area (TPSA) is 73.3 Å². The predicted molar refractivity (Wildman–Crippen MR) is 72.3 cm³/mol. The Hall–Kier alpha value is -3.02. The molecule has 0 aliphatic heterocycles. The van der Waals surface area contributed by atoms with Gasteiger partial charge < -0.3 is 4.42 Å². The molecule has 0 radical (unpaired) electrons. The van der Waals surface area contributed by atoms with Crippen LogP contribution in [0.2, 0.25) is 0 Å². The second kappa shape index (κ2) is 3.99. The van der Waals surface area contributed by atoms with Gasteiger partial charge in [0, 0.05) is 12.4 Å². The van der Waals surface area contributed by atoms with E-state index in [0.29, 0.717) is 16.8 Å². The predicted octanol–water partition coefficient (Wildman–Crippen LogP) is 1.90. The molecular weight excluding hydrogens is 256 g/mol. The Labute approximate surface area is 112 Å². The quantitative estimate of drug-likeness (QED) is 0.525. The third-order valence-electron chi connectivity index (χ3n) is 3.12. The number of hydrogen-bond acceptors (Lipinski definition) is 5. The van der Waals surface area contributed by atoms with Crippen molar-refractivity contribution in [2.45, 2.75) is 0 Å². The molecule has 0 saturated heterocycles. The summed E-state index contributed by atoms with van der Waals surface area (Å²) in [6.45, 7) is 0. The minimum Gasteiger partial charge on any atom is -0.443 e. The van der Waals surface area contributed by atoms with Gasteiger partial charge >= 0.3 is 0 Å². The zero-order valence-electron chi connectivity index (χ0n) is 10.2. The van der Waals surface area contributed by atoms with E-state index in [2.05, 4.69) is 15.1 Å².